The predicted molar refractivity (Wildman–Crippen MR) is 256 cm³/mol. The van der Waals surface area contributed by atoms with Gasteiger partial charge >= 0.3 is 12.1 Å². The van der Waals surface area contributed by atoms with E-state index in [0.717, 1.165) is 18.4 Å². The number of amides is 5. The number of carbonyl (C=O) groups excluding carboxylic acids is 6. The number of ether oxygens (including phenoxy) is 4. The molecule has 5 amide bonds. The van der Waals surface area contributed by atoms with Crippen LogP contribution in [0.3, 0.4) is 0 Å². The van der Waals surface area contributed by atoms with E-state index in [1.54, 1.807) is 42.8 Å². The van der Waals surface area contributed by atoms with Gasteiger partial charge in [-0.3, -0.25) is 24.1 Å². The SMILES string of the molecule is CC[C@H](C)[C@@H]([C@@H](CC(=O)N1CCC[C@H]1[C@H](OC)[C@@H](C)C(=O)N[C@@H](Cc1ccccc1)C(=O)OC)OC)N(C)C(=O)[C@@H](NC(=O)[C@H](C(C)C)N(C)CCCCN(C)C(=O)OC(C)(C)C)C(C)C. The van der Waals surface area contributed by atoms with Gasteiger partial charge in [0.2, 0.25) is 23.6 Å². The maximum Gasteiger partial charge on any atom is 0.410 e. The van der Waals surface area contributed by atoms with E-state index in [4.69, 9.17) is 18.9 Å². The molecule has 0 bridgehead atoms. The highest BCUT2D eigenvalue weighted by Crippen LogP contribution is 2.30. The molecule has 1 aromatic carbocycles. The fourth-order valence-electron chi connectivity index (χ4n) is 9.06. The number of hydrogen-bond donors (Lipinski definition) is 2. The van der Waals surface area contributed by atoms with Gasteiger partial charge in [-0.1, -0.05) is 85.2 Å². The second-order valence-electron chi connectivity index (χ2n) is 19.9. The molecule has 0 aromatic heterocycles. The molecule has 0 aliphatic carbocycles. The topological polar surface area (TPSA) is 176 Å². The van der Waals surface area contributed by atoms with Crippen LogP contribution >= 0.6 is 0 Å². The first-order valence-electron chi connectivity index (χ1n) is 23.9. The van der Waals surface area contributed by atoms with E-state index in [1.165, 1.54) is 14.2 Å². The van der Waals surface area contributed by atoms with Gasteiger partial charge in [0.05, 0.1) is 49.8 Å². The van der Waals surface area contributed by atoms with Crippen LogP contribution in [-0.2, 0) is 49.3 Å². The third kappa shape index (κ3) is 17.1. The molecule has 16 heteroatoms. The van der Waals surface area contributed by atoms with E-state index in [1.807, 2.05) is 105 Å². The van der Waals surface area contributed by atoms with Gasteiger partial charge in [-0.2, -0.15) is 0 Å². The molecule has 66 heavy (non-hydrogen) atoms. The minimum absolute atomic E-state index is 0.0232. The molecule has 376 valence electrons. The summed E-state index contributed by atoms with van der Waals surface area (Å²) in [5, 5.41) is 5.97. The average molecular weight is 931 g/mol. The first-order valence-corrected chi connectivity index (χ1v) is 23.9. The number of likely N-dealkylation sites (tertiary alicyclic amines) is 1. The minimum atomic E-state index is -0.908. The number of benzene rings is 1. The van der Waals surface area contributed by atoms with Crippen LogP contribution in [-0.4, -0.2) is 165 Å². The summed E-state index contributed by atoms with van der Waals surface area (Å²) in [6.45, 7) is 20.7. The van der Waals surface area contributed by atoms with Crippen LogP contribution in [0.2, 0.25) is 0 Å². The van der Waals surface area contributed by atoms with Crippen LogP contribution in [0.4, 0.5) is 4.79 Å². The van der Waals surface area contributed by atoms with Gasteiger partial charge in [0.15, 0.2) is 0 Å². The Kier molecular flexibility index (Phi) is 24.1. The maximum atomic E-state index is 14.6. The van der Waals surface area contributed by atoms with Gasteiger partial charge in [-0.25, -0.2) is 9.59 Å². The first-order chi connectivity index (χ1) is 30.9. The summed E-state index contributed by atoms with van der Waals surface area (Å²) in [7, 11) is 9.69. The minimum Gasteiger partial charge on any atom is -0.467 e. The summed E-state index contributed by atoms with van der Waals surface area (Å²) in [5.74, 6) is -2.75. The van der Waals surface area contributed by atoms with E-state index in [2.05, 4.69) is 10.6 Å². The molecule has 1 heterocycles. The lowest BCUT2D eigenvalue weighted by molar-refractivity contribution is -0.149. The molecule has 16 nitrogen and oxygen atoms in total. The van der Waals surface area contributed by atoms with Crippen molar-refractivity contribution in [3.63, 3.8) is 0 Å². The van der Waals surface area contributed by atoms with E-state index in [-0.39, 0.29) is 54.4 Å². The number of likely N-dealkylation sites (N-methyl/N-ethyl adjacent to an activating group) is 2. The van der Waals surface area contributed by atoms with Crippen molar-refractivity contribution in [1.29, 1.82) is 0 Å². The van der Waals surface area contributed by atoms with Crippen molar-refractivity contribution in [3.8, 4) is 0 Å². The highest BCUT2D eigenvalue weighted by atomic mass is 16.6. The smallest absolute Gasteiger partial charge is 0.410 e. The van der Waals surface area contributed by atoms with Crippen molar-refractivity contribution in [2.45, 2.75) is 162 Å². The number of rotatable bonds is 26. The van der Waals surface area contributed by atoms with E-state index >= 15 is 0 Å². The molecule has 0 radical (unpaired) electrons. The monoisotopic (exact) mass is 931 g/mol. The Hall–Kier alpha value is -4.28. The second kappa shape index (κ2) is 27.5. The standard InChI is InChI=1S/C50H86N6O10/c1-17-34(6)43(55(13)47(60)41(32(2)3)52-46(59)42(33(4)5)53(11)27-21-22-28-54(12)49(62)66-50(8,9)10)39(63-14)31-40(57)56-29-23-26-38(56)44(64-15)35(7)45(58)51-37(48(61)65-16)30-36-24-19-18-20-25-36/h18-20,24-25,32-35,37-39,41-44H,17,21-23,26-31H2,1-16H3,(H,51,58)(H,52,59)/t34-,35+,37-,38-,39+,41-,42-,43-,44+/m0/s1. The number of hydrogen-bond acceptors (Lipinski definition) is 11. The van der Waals surface area contributed by atoms with Gasteiger partial charge in [0.1, 0.15) is 17.7 Å². The Morgan fingerprint density at radius 3 is 1.98 bits per heavy atom. The normalized spacial score (nSPS) is 17.9. The van der Waals surface area contributed by atoms with Crippen LogP contribution in [0.1, 0.15) is 113 Å². The summed E-state index contributed by atoms with van der Waals surface area (Å²) in [6, 6.07) is 6.17. The van der Waals surface area contributed by atoms with Gasteiger partial charge in [-0.15, -0.1) is 0 Å². The van der Waals surface area contributed by atoms with Crippen LogP contribution < -0.4 is 10.6 Å². The Labute approximate surface area is 396 Å². The molecular weight excluding hydrogens is 845 g/mol. The van der Waals surface area contributed by atoms with Crippen molar-refractivity contribution >= 4 is 35.7 Å². The maximum absolute atomic E-state index is 14.6. The molecule has 1 aromatic rings. The van der Waals surface area contributed by atoms with Crippen molar-refractivity contribution in [2.24, 2.45) is 23.7 Å². The lowest BCUT2D eigenvalue weighted by atomic mass is 9.89. The van der Waals surface area contributed by atoms with Crippen molar-refractivity contribution in [3.05, 3.63) is 35.9 Å². The molecular formula is C50H86N6O10. The summed E-state index contributed by atoms with van der Waals surface area (Å²) in [5.41, 5.74) is 0.290. The molecule has 2 N–H and O–H groups in total. The third-order valence-electron chi connectivity index (χ3n) is 12.9. The Bertz CT molecular complexity index is 1690. The van der Waals surface area contributed by atoms with Crippen LogP contribution in [0.25, 0.3) is 0 Å². The first kappa shape index (κ1) is 57.8. The molecule has 0 unspecified atom stereocenters. The number of esters is 1. The summed E-state index contributed by atoms with van der Waals surface area (Å²) >= 11 is 0. The Morgan fingerprint density at radius 2 is 1.45 bits per heavy atom. The zero-order valence-electron chi connectivity index (χ0n) is 43.2. The Balaban J connectivity index is 2.22. The van der Waals surface area contributed by atoms with E-state index < -0.39 is 65.8 Å². The summed E-state index contributed by atoms with van der Waals surface area (Å²) in [4.78, 5) is 89.0. The molecule has 1 aliphatic heterocycles. The molecule has 0 saturated carbocycles. The lowest BCUT2D eigenvalue weighted by Gasteiger charge is -2.41. The number of nitrogens with zero attached hydrogens (tertiary/aromatic N) is 4. The predicted octanol–water partition coefficient (Wildman–Crippen LogP) is 5.55. The van der Waals surface area contributed by atoms with Gasteiger partial charge in [-0.05, 0) is 83.4 Å². The van der Waals surface area contributed by atoms with Crippen molar-refractivity contribution < 1.29 is 47.7 Å². The summed E-state index contributed by atoms with van der Waals surface area (Å²) in [6.07, 6.45) is 1.99. The third-order valence-corrected chi connectivity index (χ3v) is 12.9. The highest BCUT2D eigenvalue weighted by molar-refractivity contribution is 5.90. The molecule has 1 fully saturated rings. The molecule has 0 spiro atoms. The average Bonchev–Trinajstić information content (AvgIpc) is 3.75. The van der Waals surface area contributed by atoms with Gasteiger partial charge < -0.3 is 44.3 Å². The quantitative estimate of drug-likeness (QED) is 0.0880. The lowest BCUT2D eigenvalue weighted by Crippen LogP contribution is -2.60. The molecule has 1 aliphatic rings. The van der Waals surface area contributed by atoms with Crippen molar-refractivity contribution in [1.82, 2.24) is 30.2 Å². The fraction of sp³-hybridized carbons (Fsp3) is 0.760. The van der Waals surface area contributed by atoms with Crippen LogP contribution in [0.5, 0.6) is 0 Å². The Morgan fingerprint density at radius 1 is 0.833 bits per heavy atom. The van der Waals surface area contributed by atoms with E-state index in [0.29, 0.717) is 38.9 Å². The fourth-order valence-corrected chi connectivity index (χ4v) is 9.06. The molecule has 9 atom stereocenters. The zero-order chi connectivity index (χ0) is 50.1. The van der Waals surface area contributed by atoms with Crippen molar-refractivity contribution in [2.75, 3.05) is 62.1 Å². The highest BCUT2D eigenvalue weighted by Gasteiger charge is 2.43. The number of carbonyl (C=O) groups is 6. The van der Waals surface area contributed by atoms with E-state index in [9.17, 15) is 28.8 Å². The summed E-state index contributed by atoms with van der Waals surface area (Å²) < 4.78 is 22.5. The van der Waals surface area contributed by atoms with Crippen LogP contribution in [0, 0.1) is 23.7 Å². The second-order valence-corrected chi connectivity index (χ2v) is 19.9. The largest absolute Gasteiger partial charge is 0.467 e. The number of methoxy groups -OCH3 is 3. The zero-order valence-corrected chi connectivity index (χ0v) is 43.2. The van der Waals surface area contributed by atoms with Crippen LogP contribution in [0.15, 0.2) is 30.3 Å². The molecule has 2 rings (SSSR count). The van der Waals surface area contributed by atoms with Gasteiger partial charge in [0, 0.05) is 47.8 Å². The number of nitrogens with one attached hydrogen (secondary N) is 2. The molecule has 1 saturated heterocycles. The van der Waals surface area contributed by atoms with Gasteiger partial charge in [0.25, 0.3) is 0 Å². The number of unbranched alkanes of at least 4 members (excludes halogenated alkanes) is 1.